The Morgan fingerprint density at radius 2 is 2.15 bits per heavy atom. The molecule has 0 unspecified atom stereocenters. The SMILES string of the molecule is Cc1cc(S(=O)(=O)N(C)[C@@H]2CNC[C@H]2O)ccc1C#N. The van der Waals surface area contributed by atoms with Gasteiger partial charge in [0.25, 0.3) is 0 Å². The van der Waals surface area contributed by atoms with Crippen LogP contribution in [0, 0.1) is 18.3 Å². The molecule has 1 aromatic carbocycles. The first kappa shape index (κ1) is 14.9. The Morgan fingerprint density at radius 3 is 2.65 bits per heavy atom. The van der Waals surface area contributed by atoms with Crippen molar-refractivity contribution in [2.24, 2.45) is 0 Å². The fraction of sp³-hybridized carbons (Fsp3) is 0.462. The number of β-amino-alcohol motifs (C(OH)–C–C–N with tert-alkyl or cyclic N) is 1. The van der Waals surface area contributed by atoms with E-state index in [2.05, 4.69) is 5.32 Å². The van der Waals surface area contributed by atoms with Crippen molar-refractivity contribution in [1.29, 1.82) is 5.26 Å². The molecule has 1 fully saturated rings. The Labute approximate surface area is 118 Å². The van der Waals surface area contributed by atoms with E-state index in [-0.39, 0.29) is 4.90 Å². The fourth-order valence-electron chi connectivity index (χ4n) is 2.29. The average molecular weight is 295 g/mol. The highest BCUT2D eigenvalue weighted by atomic mass is 32.2. The molecule has 2 atom stereocenters. The van der Waals surface area contributed by atoms with Gasteiger partial charge in [-0.1, -0.05) is 0 Å². The van der Waals surface area contributed by atoms with Crippen LogP contribution in [0.1, 0.15) is 11.1 Å². The van der Waals surface area contributed by atoms with Gasteiger partial charge in [0.05, 0.1) is 28.7 Å². The highest BCUT2D eigenvalue weighted by molar-refractivity contribution is 7.89. The summed E-state index contributed by atoms with van der Waals surface area (Å²) in [5.41, 5.74) is 1.07. The lowest BCUT2D eigenvalue weighted by atomic mass is 10.1. The minimum Gasteiger partial charge on any atom is -0.390 e. The largest absolute Gasteiger partial charge is 0.390 e. The first-order valence-corrected chi connectivity index (χ1v) is 7.69. The standard InChI is InChI=1S/C13H17N3O3S/c1-9-5-11(4-3-10(9)6-14)20(18,19)16(2)12-7-15-8-13(12)17/h3-5,12-13,15,17H,7-8H2,1-2H3/t12-,13-/m1/s1. The Balaban J connectivity index is 2.35. The Bertz CT molecular complexity index is 651. The summed E-state index contributed by atoms with van der Waals surface area (Å²) in [6, 6.07) is 5.94. The summed E-state index contributed by atoms with van der Waals surface area (Å²) in [4.78, 5) is 0.135. The van der Waals surface area contributed by atoms with Crippen molar-refractivity contribution in [1.82, 2.24) is 9.62 Å². The van der Waals surface area contributed by atoms with E-state index in [0.717, 1.165) is 0 Å². The number of benzene rings is 1. The first-order chi connectivity index (χ1) is 9.37. The molecule has 0 radical (unpaired) electrons. The van der Waals surface area contributed by atoms with E-state index in [0.29, 0.717) is 24.2 Å². The number of aryl methyl sites for hydroxylation is 1. The van der Waals surface area contributed by atoms with Gasteiger partial charge in [-0.3, -0.25) is 0 Å². The first-order valence-electron chi connectivity index (χ1n) is 6.25. The van der Waals surface area contributed by atoms with Crippen molar-refractivity contribution in [3.8, 4) is 6.07 Å². The van der Waals surface area contributed by atoms with Crippen LogP contribution in [0.5, 0.6) is 0 Å². The molecule has 6 nitrogen and oxygen atoms in total. The van der Waals surface area contributed by atoms with Crippen LogP contribution in [-0.4, -0.2) is 50.1 Å². The number of nitriles is 1. The minimum absolute atomic E-state index is 0.135. The zero-order valence-corrected chi connectivity index (χ0v) is 12.2. The fourth-order valence-corrected chi connectivity index (χ4v) is 3.76. The van der Waals surface area contributed by atoms with Crippen molar-refractivity contribution < 1.29 is 13.5 Å². The van der Waals surface area contributed by atoms with Crippen LogP contribution < -0.4 is 5.32 Å². The Morgan fingerprint density at radius 1 is 1.45 bits per heavy atom. The van der Waals surface area contributed by atoms with Crippen molar-refractivity contribution in [2.75, 3.05) is 20.1 Å². The van der Waals surface area contributed by atoms with Gasteiger partial charge in [-0.05, 0) is 30.7 Å². The van der Waals surface area contributed by atoms with Crippen molar-refractivity contribution in [3.05, 3.63) is 29.3 Å². The van der Waals surface area contributed by atoms with Crippen LogP contribution in [0.2, 0.25) is 0 Å². The molecule has 2 rings (SSSR count). The van der Waals surface area contributed by atoms with Crippen LogP contribution in [0.4, 0.5) is 0 Å². The summed E-state index contributed by atoms with van der Waals surface area (Å²) in [6.45, 7) is 2.51. The molecule has 108 valence electrons. The van der Waals surface area contributed by atoms with E-state index in [9.17, 15) is 13.5 Å². The van der Waals surface area contributed by atoms with E-state index in [1.165, 1.54) is 29.6 Å². The van der Waals surface area contributed by atoms with E-state index in [4.69, 9.17) is 5.26 Å². The highest BCUT2D eigenvalue weighted by Gasteiger charge is 2.35. The molecule has 1 heterocycles. The van der Waals surface area contributed by atoms with E-state index < -0.39 is 22.2 Å². The van der Waals surface area contributed by atoms with Gasteiger partial charge in [0.1, 0.15) is 0 Å². The summed E-state index contributed by atoms with van der Waals surface area (Å²) in [7, 11) is -2.22. The summed E-state index contributed by atoms with van der Waals surface area (Å²) in [5.74, 6) is 0. The maximum Gasteiger partial charge on any atom is 0.243 e. The van der Waals surface area contributed by atoms with Gasteiger partial charge in [-0.25, -0.2) is 8.42 Å². The number of nitrogens with one attached hydrogen (secondary N) is 1. The lowest BCUT2D eigenvalue weighted by molar-refractivity contribution is 0.136. The van der Waals surface area contributed by atoms with Crippen LogP contribution in [0.15, 0.2) is 23.1 Å². The minimum atomic E-state index is -3.68. The third-order valence-corrected chi connectivity index (χ3v) is 5.49. The Hall–Kier alpha value is -1.46. The average Bonchev–Trinajstić information content (AvgIpc) is 2.83. The van der Waals surface area contributed by atoms with Crippen LogP contribution in [0.3, 0.4) is 0 Å². The lowest BCUT2D eigenvalue weighted by Gasteiger charge is -2.25. The normalized spacial score (nSPS) is 22.9. The predicted octanol–water partition coefficient (Wildman–Crippen LogP) is -0.180. The van der Waals surface area contributed by atoms with Gasteiger partial charge in [0.2, 0.25) is 10.0 Å². The second-order valence-corrected chi connectivity index (χ2v) is 6.90. The van der Waals surface area contributed by atoms with Gasteiger partial charge < -0.3 is 10.4 Å². The lowest BCUT2D eigenvalue weighted by Crippen LogP contribution is -2.44. The van der Waals surface area contributed by atoms with Gasteiger partial charge >= 0.3 is 0 Å². The number of hydrogen-bond acceptors (Lipinski definition) is 5. The third-order valence-electron chi connectivity index (χ3n) is 3.61. The molecule has 0 aliphatic carbocycles. The second kappa shape index (κ2) is 5.50. The molecular formula is C13H17N3O3S. The number of sulfonamides is 1. The molecule has 7 heteroatoms. The van der Waals surface area contributed by atoms with Gasteiger partial charge in [-0.2, -0.15) is 9.57 Å². The summed E-state index contributed by atoms with van der Waals surface area (Å²) in [6.07, 6.45) is -0.714. The van der Waals surface area contributed by atoms with Crippen LogP contribution in [0.25, 0.3) is 0 Å². The number of aliphatic hydroxyl groups excluding tert-OH is 1. The topological polar surface area (TPSA) is 93.4 Å². The molecule has 0 spiro atoms. The number of nitrogens with zero attached hydrogens (tertiary/aromatic N) is 2. The summed E-state index contributed by atoms with van der Waals surface area (Å²) >= 11 is 0. The van der Waals surface area contributed by atoms with Crippen LogP contribution >= 0.6 is 0 Å². The maximum atomic E-state index is 12.5. The third kappa shape index (κ3) is 2.55. The predicted molar refractivity (Wildman–Crippen MR) is 73.5 cm³/mol. The number of likely N-dealkylation sites (N-methyl/N-ethyl adjacent to an activating group) is 1. The molecule has 1 saturated heterocycles. The smallest absolute Gasteiger partial charge is 0.243 e. The van der Waals surface area contributed by atoms with Gasteiger partial charge in [0.15, 0.2) is 0 Å². The monoisotopic (exact) mass is 295 g/mol. The highest BCUT2D eigenvalue weighted by Crippen LogP contribution is 2.21. The molecule has 20 heavy (non-hydrogen) atoms. The molecule has 0 saturated carbocycles. The summed E-state index contributed by atoms with van der Waals surface area (Å²) < 4.78 is 26.2. The molecular weight excluding hydrogens is 278 g/mol. The quantitative estimate of drug-likeness (QED) is 0.807. The maximum absolute atomic E-state index is 12.5. The van der Waals surface area contributed by atoms with Crippen LogP contribution in [-0.2, 0) is 10.0 Å². The van der Waals surface area contributed by atoms with Crippen molar-refractivity contribution >= 4 is 10.0 Å². The van der Waals surface area contributed by atoms with Crippen molar-refractivity contribution in [3.63, 3.8) is 0 Å². The molecule has 1 aromatic rings. The van der Waals surface area contributed by atoms with E-state index in [1.807, 2.05) is 6.07 Å². The number of hydrogen-bond donors (Lipinski definition) is 2. The van der Waals surface area contributed by atoms with E-state index in [1.54, 1.807) is 6.92 Å². The molecule has 1 aliphatic rings. The zero-order valence-electron chi connectivity index (χ0n) is 11.4. The van der Waals surface area contributed by atoms with Gasteiger partial charge in [0, 0.05) is 20.1 Å². The van der Waals surface area contributed by atoms with E-state index >= 15 is 0 Å². The molecule has 0 bridgehead atoms. The molecule has 0 aromatic heterocycles. The molecule has 0 amide bonds. The molecule has 2 N–H and O–H groups in total. The number of rotatable bonds is 3. The molecule has 1 aliphatic heterocycles. The summed E-state index contributed by atoms with van der Waals surface area (Å²) in [5, 5.41) is 21.6. The van der Waals surface area contributed by atoms with Gasteiger partial charge in [-0.15, -0.1) is 0 Å². The zero-order chi connectivity index (χ0) is 14.9. The number of aliphatic hydroxyl groups is 1. The second-order valence-electron chi connectivity index (χ2n) is 4.90. The Kier molecular flexibility index (Phi) is 4.11. The van der Waals surface area contributed by atoms with Crippen molar-refractivity contribution in [2.45, 2.75) is 24.0 Å².